The minimum Gasteiger partial charge on any atom is -0.748 e. The van der Waals surface area contributed by atoms with Crippen molar-refractivity contribution in [3.63, 3.8) is 0 Å². The molecule has 2 atom stereocenters. The second kappa shape index (κ2) is 13.5. The summed E-state index contributed by atoms with van der Waals surface area (Å²) in [5, 5.41) is 8.80. The van der Waals surface area contributed by atoms with Crippen LogP contribution in [0.15, 0.2) is 0 Å². The van der Waals surface area contributed by atoms with Gasteiger partial charge in [-0.3, -0.25) is 0 Å². The van der Waals surface area contributed by atoms with Crippen molar-refractivity contribution in [3.05, 3.63) is 0 Å². The zero-order chi connectivity index (χ0) is 14.7. The average Bonchev–Trinajstić information content (AvgIpc) is 2.32. The van der Waals surface area contributed by atoms with E-state index < -0.39 is 21.5 Å². The molecule has 0 aliphatic heterocycles. The van der Waals surface area contributed by atoms with Gasteiger partial charge in [-0.25, -0.2) is 8.42 Å². The fourth-order valence-corrected chi connectivity index (χ4v) is 3.24. The van der Waals surface area contributed by atoms with Gasteiger partial charge in [0.05, 0.1) is 11.4 Å². The van der Waals surface area contributed by atoms with Gasteiger partial charge in [0.25, 0.3) is 0 Å². The van der Waals surface area contributed by atoms with Gasteiger partial charge in [0, 0.05) is 0 Å². The Bertz CT molecular complexity index is 306. The molecule has 0 aromatic carbocycles. The first-order valence-electron chi connectivity index (χ1n) is 7.56. The Morgan fingerprint density at radius 3 is 1.85 bits per heavy atom. The topological polar surface area (TPSA) is 77.4 Å². The summed E-state index contributed by atoms with van der Waals surface area (Å²) in [4.78, 5) is 0. The van der Waals surface area contributed by atoms with Gasteiger partial charge in [0.2, 0.25) is 0 Å². The molecule has 6 heteroatoms. The van der Waals surface area contributed by atoms with E-state index in [0.29, 0.717) is 12.8 Å². The summed E-state index contributed by atoms with van der Waals surface area (Å²) in [5.41, 5.74) is 0. The SMILES string of the molecule is CCCCCCCC(O)C(CCCCC)S(=O)(=O)[O-].[Na+]. The molecule has 0 radical (unpaired) electrons. The van der Waals surface area contributed by atoms with Gasteiger partial charge in [0.1, 0.15) is 10.1 Å². The van der Waals surface area contributed by atoms with E-state index >= 15 is 0 Å². The molecule has 0 fully saturated rings. The van der Waals surface area contributed by atoms with E-state index in [0.717, 1.165) is 44.9 Å². The van der Waals surface area contributed by atoms with Gasteiger partial charge in [-0.1, -0.05) is 65.2 Å². The second-order valence-electron chi connectivity index (χ2n) is 5.30. The van der Waals surface area contributed by atoms with Gasteiger partial charge in [-0.2, -0.15) is 0 Å². The third-order valence-electron chi connectivity index (χ3n) is 3.50. The van der Waals surface area contributed by atoms with Crippen molar-refractivity contribution in [3.8, 4) is 0 Å². The number of hydrogen-bond donors (Lipinski definition) is 1. The maximum Gasteiger partial charge on any atom is 1.00 e. The summed E-state index contributed by atoms with van der Waals surface area (Å²) < 4.78 is 33.6. The quantitative estimate of drug-likeness (QED) is 0.317. The molecule has 1 N–H and O–H groups in total. The fourth-order valence-electron chi connectivity index (χ4n) is 2.27. The van der Waals surface area contributed by atoms with Crippen LogP contribution in [0.5, 0.6) is 0 Å². The normalized spacial score (nSPS) is 14.6. The van der Waals surface area contributed by atoms with E-state index in [4.69, 9.17) is 0 Å². The third kappa shape index (κ3) is 11.5. The van der Waals surface area contributed by atoms with Crippen molar-refractivity contribution in [2.45, 2.75) is 89.4 Å². The molecule has 0 heterocycles. The van der Waals surface area contributed by atoms with Crippen molar-refractivity contribution >= 4 is 10.1 Å². The van der Waals surface area contributed by atoms with Crippen LogP contribution in [0, 0.1) is 0 Å². The van der Waals surface area contributed by atoms with Crippen LogP contribution in [0.3, 0.4) is 0 Å². The smallest absolute Gasteiger partial charge is 0.748 e. The largest absolute Gasteiger partial charge is 1.00 e. The zero-order valence-corrected chi connectivity index (χ0v) is 16.1. The molecular weight excluding hydrogens is 287 g/mol. The molecule has 4 nitrogen and oxygen atoms in total. The molecule has 2 unspecified atom stereocenters. The predicted octanol–water partition coefficient (Wildman–Crippen LogP) is 0.206. The first kappa shape index (κ1) is 23.1. The maximum absolute atomic E-state index is 11.2. The van der Waals surface area contributed by atoms with Crippen LogP contribution < -0.4 is 29.6 Å². The van der Waals surface area contributed by atoms with E-state index in [9.17, 15) is 18.1 Å². The molecule has 0 saturated heterocycles. The van der Waals surface area contributed by atoms with Gasteiger partial charge in [0.15, 0.2) is 0 Å². The predicted molar refractivity (Wildman–Crippen MR) is 77.0 cm³/mol. The number of rotatable bonds is 12. The summed E-state index contributed by atoms with van der Waals surface area (Å²) in [6.45, 7) is 4.15. The Kier molecular flexibility index (Phi) is 15.7. The molecule has 0 spiro atoms. The van der Waals surface area contributed by atoms with Crippen LogP contribution in [0.2, 0.25) is 0 Å². The first-order chi connectivity index (χ1) is 8.93. The minimum atomic E-state index is -4.39. The standard InChI is InChI=1S/C14H30O4S.Na/c1-3-5-7-8-10-11-13(15)14(19(16,17)18)12-9-6-4-2;/h13-15H,3-12H2,1-2H3,(H,16,17,18);/q;+1/p-1. The summed E-state index contributed by atoms with van der Waals surface area (Å²) in [6.07, 6.45) is 7.47. The van der Waals surface area contributed by atoms with Crippen molar-refractivity contribution in [2.24, 2.45) is 0 Å². The molecule has 0 aromatic heterocycles. The third-order valence-corrected chi connectivity index (χ3v) is 4.79. The summed E-state index contributed by atoms with van der Waals surface area (Å²) in [7, 11) is -4.39. The van der Waals surface area contributed by atoms with E-state index in [1.54, 1.807) is 0 Å². The Morgan fingerprint density at radius 2 is 1.35 bits per heavy atom. The van der Waals surface area contributed by atoms with Crippen molar-refractivity contribution < 1.29 is 47.6 Å². The Balaban J connectivity index is 0. The number of unbranched alkanes of at least 4 members (excludes halogenated alkanes) is 6. The van der Waals surface area contributed by atoms with Crippen LogP contribution in [0.25, 0.3) is 0 Å². The molecule has 0 amide bonds. The van der Waals surface area contributed by atoms with Crippen molar-refractivity contribution in [1.29, 1.82) is 0 Å². The molecule has 20 heavy (non-hydrogen) atoms. The monoisotopic (exact) mass is 316 g/mol. The maximum atomic E-state index is 11.2. The van der Waals surface area contributed by atoms with Crippen LogP contribution in [0.1, 0.15) is 78.1 Å². The molecule has 0 aliphatic rings. The summed E-state index contributed by atoms with van der Waals surface area (Å²) in [6, 6.07) is 0. The van der Waals surface area contributed by atoms with Gasteiger partial charge in [-0.05, 0) is 12.8 Å². The van der Waals surface area contributed by atoms with Crippen LogP contribution in [-0.2, 0) is 10.1 Å². The summed E-state index contributed by atoms with van der Waals surface area (Å²) in [5.74, 6) is 0. The Hall–Kier alpha value is 0.870. The van der Waals surface area contributed by atoms with Crippen LogP contribution in [0.4, 0.5) is 0 Å². The molecular formula is C14H29NaO4S. The van der Waals surface area contributed by atoms with Crippen molar-refractivity contribution in [2.75, 3.05) is 0 Å². The number of aliphatic hydroxyl groups is 1. The van der Waals surface area contributed by atoms with Crippen LogP contribution in [-0.4, -0.2) is 29.4 Å². The van der Waals surface area contributed by atoms with Gasteiger partial charge < -0.3 is 9.66 Å². The number of aliphatic hydroxyl groups excluding tert-OH is 1. The fraction of sp³-hybridized carbons (Fsp3) is 1.00. The summed E-state index contributed by atoms with van der Waals surface area (Å²) >= 11 is 0. The van der Waals surface area contributed by atoms with Gasteiger partial charge in [-0.15, -0.1) is 0 Å². The van der Waals surface area contributed by atoms with E-state index in [2.05, 4.69) is 6.92 Å². The number of hydrogen-bond acceptors (Lipinski definition) is 4. The van der Waals surface area contributed by atoms with E-state index in [-0.39, 0.29) is 36.0 Å². The van der Waals surface area contributed by atoms with Gasteiger partial charge >= 0.3 is 29.6 Å². The zero-order valence-electron chi connectivity index (χ0n) is 13.3. The molecule has 0 aromatic rings. The van der Waals surface area contributed by atoms with E-state index in [1.165, 1.54) is 0 Å². The van der Waals surface area contributed by atoms with Crippen molar-refractivity contribution in [1.82, 2.24) is 0 Å². The Labute approximate surface area is 146 Å². The second-order valence-corrected chi connectivity index (χ2v) is 6.89. The molecule has 0 saturated carbocycles. The molecule has 0 rings (SSSR count). The van der Waals surface area contributed by atoms with E-state index in [1.807, 2.05) is 6.92 Å². The average molecular weight is 316 g/mol. The molecule has 0 bridgehead atoms. The molecule has 116 valence electrons. The first-order valence-corrected chi connectivity index (χ1v) is 9.03. The van der Waals surface area contributed by atoms with Crippen LogP contribution >= 0.6 is 0 Å². The Morgan fingerprint density at radius 1 is 0.900 bits per heavy atom. The minimum absolute atomic E-state index is 0. The molecule has 0 aliphatic carbocycles.